The van der Waals surface area contributed by atoms with E-state index in [2.05, 4.69) is 20.7 Å². The minimum absolute atomic E-state index is 0.216. The van der Waals surface area contributed by atoms with Crippen LogP contribution in [0.15, 0.2) is 59.5 Å². The fraction of sp³-hybridized carbons (Fsp3) is 0.250. The predicted octanol–water partition coefficient (Wildman–Crippen LogP) is 4.01. The van der Waals surface area contributed by atoms with Crippen molar-refractivity contribution in [3.8, 4) is 0 Å². The molecule has 3 nitrogen and oxygen atoms in total. The predicted molar refractivity (Wildman–Crippen MR) is 88.9 cm³/mol. The van der Waals surface area contributed by atoms with Gasteiger partial charge in [0.05, 0.1) is 4.90 Å². The maximum absolute atomic E-state index is 12.5. The summed E-state index contributed by atoms with van der Waals surface area (Å²) in [7, 11) is -3.51. The van der Waals surface area contributed by atoms with E-state index in [0.29, 0.717) is 16.6 Å². The van der Waals surface area contributed by atoms with Crippen LogP contribution in [0.5, 0.6) is 0 Å². The molecular formula is C16H18BrNO2S. The Kier molecular flexibility index (Phi) is 5.56. The molecule has 0 heterocycles. The van der Waals surface area contributed by atoms with Crippen molar-refractivity contribution in [2.24, 2.45) is 0 Å². The van der Waals surface area contributed by atoms with Gasteiger partial charge in [-0.05, 0) is 29.7 Å². The highest BCUT2D eigenvalue weighted by Crippen LogP contribution is 2.20. The molecule has 21 heavy (non-hydrogen) atoms. The molecule has 0 aliphatic heterocycles. The molecule has 0 spiro atoms. The van der Waals surface area contributed by atoms with Crippen molar-refractivity contribution in [2.75, 3.05) is 0 Å². The van der Waals surface area contributed by atoms with Gasteiger partial charge in [-0.25, -0.2) is 13.1 Å². The smallest absolute Gasteiger partial charge is 0.207 e. The number of halogens is 1. The van der Waals surface area contributed by atoms with Crippen LogP contribution in [0, 0.1) is 0 Å². The molecule has 0 aliphatic carbocycles. The molecular weight excluding hydrogens is 350 g/mol. The lowest BCUT2D eigenvalue weighted by molar-refractivity contribution is 0.550. The second-order valence-electron chi connectivity index (χ2n) is 4.77. The van der Waals surface area contributed by atoms with E-state index in [1.807, 2.05) is 49.4 Å². The number of alkyl halides is 1. The molecule has 2 aromatic carbocycles. The lowest BCUT2D eigenvalue weighted by Gasteiger charge is -2.17. The van der Waals surface area contributed by atoms with Crippen LogP contribution >= 0.6 is 15.9 Å². The van der Waals surface area contributed by atoms with Crippen LogP contribution in [0.3, 0.4) is 0 Å². The zero-order chi connectivity index (χ0) is 15.3. The Hall–Kier alpha value is -1.17. The number of nitrogens with one attached hydrogen (secondary N) is 1. The van der Waals surface area contributed by atoms with Gasteiger partial charge in [0, 0.05) is 11.4 Å². The van der Waals surface area contributed by atoms with Gasteiger partial charge < -0.3 is 0 Å². The molecule has 0 fully saturated rings. The molecule has 0 radical (unpaired) electrons. The van der Waals surface area contributed by atoms with Gasteiger partial charge in [0.1, 0.15) is 0 Å². The van der Waals surface area contributed by atoms with Gasteiger partial charge in [0.25, 0.3) is 0 Å². The molecule has 1 N–H and O–H groups in total. The second-order valence-corrected chi connectivity index (χ2v) is 7.05. The summed E-state index contributed by atoms with van der Waals surface area (Å²) < 4.78 is 27.7. The maximum Gasteiger partial charge on any atom is 0.241 e. The van der Waals surface area contributed by atoms with Crippen LogP contribution in [0.25, 0.3) is 0 Å². The van der Waals surface area contributed by atoms with Crippen molar-refractivity contribution in [1.29, 1.82) is 0 Å². The highest BCUT2D eigenvalue weighted by atomic mass is 79.9. The van der Waals surface area contributed by atoms with Crippen LogP contribution in [-0.4, -0.2) is 8.42 Å². The van der Waals surface area contributed by atoms with Crippen LogP contribution in [0.1, 0.15) is 30.5 Å². The minimum Gasteiger partial charge on any atom is -0.207 e. The minimum atomic E-state index is -3.51. The van der Waals surface area contributed by atoms with E-state index < -0.39 is 10.0 Å². The van der Waals surface area contributed by atoms with E-state index in [0.717, 1.165) is 11.1 Å². The van der Waals surface area contributed by atoms with Crippen LogP contribution in [-0.2, 0) is 15.4 Å². The Bertz CT molecular complexity index is 669. The first-order valence-corrected chi connectivity index (χ1v) is 9.39. The van der Waals surface area contributed by atoms with E-state index in [1.54, 1.807) is 12.1 Å². The van der Waals surface area contributed by atoms with Crippen molar-refractivity contribution in [3.05, 3.63) is 65.7 Å². The Labute approximate surface area is 134 Å². The van der Waals surface area contributed by atoms with Crippen molar-refractivity contribution >= 4 is 26.0 Å². The van der Waals surface area contributed by atoms with Crippen molar-refractivity contribution in [2.45, 2.75) is 29.6 Å². The van der Waals surface area contributed by atoms with E-state index >= 15 is 0 Å². The third kappa shape index (κ3) is 4.15. The summed E-state index contributed by atoms with van der Waals surface area (Å²) in [6.07, 6.45) is 0.697. The fourth-order valence-electron chi connectivity index (χ4n) is 2.09. The largest absolute Gasteiger partial charge is 0.241 e. The highest BCUT2D eigenvalue weighted by Gasteiger charge is 2.19. The normalized spacial score (nSPS) is 13.0. The van der Waals surface area contributed by atoms with Gasteiger partial charge in [-0.2, -0.15) is 0 Å². The molecule has 2 aromatic rings. The number of hydrogen-bond donors (Lipinski definition) is 1. The Morgan fingerprint density at radius 2 is 1.67 bits per heavy atom. The summed E-state index contributed by atoms with van der Waals surface area (Å²) >= 11 is 3.35. The van der Waals surface area contributed by atoms with E-state index in [9.17, 15) is 8.42 Å². The standard InChI is InChI=1S/C16H18BrNO2S/c1-2-16(14-6-4-3-5-7-14)18-21(19,20)15-10-8-13(12-17)9-11-15/h3-11,16,18H,2,12H2,1H3. The molecule has 112 valence electrons. The van der Waals surface area contributed by atoms with Crippen LogP contribution in [0.2, 0.25) is 0 Å². The van der Waals surface area contributed by atoms with Gasteiger partial charge in [-0.15, -0.1) is 0 Å². The zero-order valence-electron chi connectivity index (χ0n) is 11.8. The molecule has 1 unspecified atom stereocenters. The molecule has 2 rings (SSSR count). The van der Waals surface area contributed by atoms with Gasteiger partial charge in [-0.3, -0.25) is 0 Å². The summed E-state index contributed by atoms with van der Waals surface area (Å²) in [5.41, 5.74) is 2.02. The van der Waals surface area contributed by atoms with E-state index in [4.69, 9.17) is 0 Å². The van der Waals surface area contributed by atoms with Crippen molar-refractivity contribution in [1.82, 2.24) is 4.72 Å². The molecule has 5 heteroatoms. The average Bonchev–Trinajstić information content (AvgIpc) is 2.53. The molecule has 0 saturated carbocycles. The number of sulfonamides is 1. The lowest BCUT2D eigenvalue weighted by atomic mass is 10.1. The number of benzene rings is 2. The highest BCUT2D eigenvalue weighted by molar-refractivity contribution is 9.08. The Balaban J connectivity index is 2.22. The molecule has 0 amide bonds. The first-order valence-electron chi connectivity index (χ1n) is 6.79. The topological polar surface area (TPSA) is 46.2 Å². The second kappa shape index (κ2) is 7.20. The zero-order valence-corrected chi connectivity index (χ0v) is 14.2. The fourth-order valence-corrected chi connectivity index (χ4v) is 3.77. The summed E-state index contributed by atoms with van der Waals surface area (Å²) in [6.45, 7) is 1.97. The first kappa shape index (κ1) is 16.2. The van der Waals surface area contributed by atoms with Crippen LogP contribution < -0.4 is 4.72 Å². The van der Waals surface area contributed by atoms with Crippen molar-refractivity contribution < 1.29 is 8.42 Å². The monoisotopic (exact) mass is 367 g/mol. The summed E-state index contributed by atoms with van der Waals surface area (Å²) in [4.78, 5) is 0.293. The summed E-state index contributed by atoms with van der Waals surface area (Å²) in [5.74, 6) is 0. The Morgan fingerprint density at radius 1 is 1.05 bits per heavy atom. The summed E-state index contributed by atoms with van der Waals surface area (Å²) in [5, 5.41) is 0.711. The summed E-state index contributed by atoms with van der Waals surface area (Å²) in [6, 6.07) is 16.3. The molecule has 0 aromatic heterocycles. The molecule has 1 atom stereocenters. The first-order chi connectivity index (χ1) is 10.1. The van der Waals surface area contributed by atoms with E-state index in [1.165, 1.54) is 0 Å². The van der Waals surface area contributed by atoms with E-state index in [-0.39, 0.29) is 6.04 Å². The lowest BCUT2D eigenvalue weighted by Crippen LogP contribution is -2.28. The van der Waals surface area contributed by atoms with Gasteiger partial charge in [-0.1, -0.05) is 65.3 Å². The third-order valence-corrected chi connectivity index (χ3v) is 5.43. The van der Waals surface area contributed by atoms with Gasteiger partial charge in [0.2, 0.25) is 10.0 Å². The average molecular weight is 368 g/mol. The molecule has 0 saturated heterocycles. The Morgan fingerprint density at radius 3 is 2.19 bits per heavy atom. The van der Waals surface area contributed by atoms with Crippen molar-refractivity contribution in [3.63, 3.8) is 0 Å². The number of rotatable bonds is 6. The SMILES string of the molecule is CCC(NS(=O)(=O)c1ccc(CBr)cc1)c1ccccc1. The quantitative estimate of drug-likeness (QED) is 0.783. The maximum atomic E-state index is 12.5. The molecule has 0 aliphatic rings. The number of hydrogen-bond acceptors (Lipinski definition) is 2. The third-order valence-electron chi connectivity index (χ3n) is 3.30. The van der Waals surface area contributed by atoms with Crippen LogP contribution in [0.4, 0.5) is 0 Å². The van der Waals surface area contributed by atoms with Gasteiger partial charge >= 0.3 is 0 Å². The van der Waals surface area contributed by atoms with Gasteiger partial charge in [0.15, 0.2) is 0 Å². The molecule has 0 bridgehead atoms.